The van der Waals surface area contributed by atoms with Gasteiger partial charge in [-0.05, 0) is 24.1 Å². The maximum absolute atomic E-state index is 10.9. The Hall–Kier alpha value is -1.55. The maximum atomic E-state index is 10.9. The molecule has 0 aliphatic heterocycles. The zero-order chi connectivity index (χ0) is 12.5. The van der Waals surface area contributed by atoms with Crippen molar-refractivity contribution in [2.75, 3.05) is 27.4 Å². The number of hydrogen-bond acceptors (Lipinski definition) is 4. The van der Waals surface area contributed by atoms with E-state index in [1.54, 1.807) is 7.11 Å². The van der Waals surface area contributed by atoms with Crippen LogP contribution in [0.15, 0.2) is 24.3 Å². The van der Waals surface area contributed by atoms with E-state index in [0.717, 1.165) is 12.2 Å². The second kappa shape index (κ2) is 7.68. The van der Waals surface area contributed by atoms with E-state index in [0.29, 0.717) is 13.2 Å². The number of rotatable bonds is 7. The first-order chi connectivity index (χ1) is 8.26. The number of benzene rings is 1. The van der Waals surface area contributed by atoms with Gasteiger partial charge in [0.2, 0.25) is 0 Å². The van der Waals surface area contributed by atoms with Gasteiger partial charge in [-0.3, -0.25) is 4.79 Å². The quantitative estimate of drug-likeness (QED) is 0.680. The van der Waals surface area contributed by atoms with Gasteiger partial charge in [0, 0.05) is 7.11 Å². The number of carbonyl (C=O) groups excluding carboxylic acids is 1. The minimum atomic E-state index is -0.262. The Morgan fingerprint density at radius 2 is 1.82 bits per heavy atom. The fourth-order valence-corrected chi connectivity index (χ4v) is 1.33. The Labute approximate surface area is 101 Å². The summed E-state index contributed by atoms with van der Waals surface area (Å²) in [6.45, 7) is 1.05. The topological polar surface area (TPSA) is 44.8 Å². The molecule has 0 saturated carbocycles. The molecule has 1 aromatic carbocycles. The van der Waals surface area contributed by atoms with Crippen LogP contribution in [0.2, 0.25) is 0 Å². The molecule has 1 rings (SSSR count). The van der Waals surface area contributed by atoms with Crippen molar-refractivity contribution >= 4 is 5.97 Å². The average molecular weight is 238 g/mol. The first-order valence-corrected chi connectivity index (χ1v) is 5.53. The summed E-state index contributed by atoms with van der Waals surface area (Å²) in [4.78, 5) is 10.9. The molecule has 0 bridgehead atoms. The number of esters is 1. The lowest BCUT2D eigenvalue weighted by Gasteiger charge is -2.06. The van der Waals surface area contributed by atoms with E-state index in [2.05, 4.69) is 4.74 Å². The standard InChI is InChI=1S/C13H18O4/c1-15-9-7-11-3-5-12(6-4-11)17-10-8-13(14)16-2/h3-6H,7-10H2,1-2H3. The summed E-state index contributed by atoms with van der Waals surface area (Å²) in [7, 11) is 3.05. The third kappa shape index (κ3) is 5.36. The highest BCUT2D eigenvalue weighted by molar-refractivity contribution is 5.69. The highest BCUT2D eigenvalue weighted by Crippen LogP contribution is 2.12. The van der Waals surface area contributed by atoms with Crippen LogP contribution in [0, 0.1) is 0 Å². The predicted octanol–water partition coefficient (Wildman–Crippen LogP) is 1.82. The third-order valence-electron chi connectivity index (χ3n) is 2.32. The number of carbonyl (C=O) groups is 1. The zero-order valence-electron chi connectivity index (χ0n) is 10.3. The summed E-state index contributed by atoms with van der Waals surface area (Å²) in [6.07, 6.45) is 1.15. The van der Waals surface area contributed by atoms with Crippen LogP contribution in [-0.2, 0) is 20.7 Å². The second-order valence-electron chi connectivity index (χ2n) is 3.56. The molecule has 94 valence electrons. The Morgan fingerprint density at radius 3 is 2.41 bits per heavy atom. The molecule has 0 unspecified atom stereocenters. The van der Waals surface area contributed by atoms with Gasteiger partial charge < -0.3 is 14.2 Å². The normalized spacial score (nSPS) is 10.0. The number of ether oxygens (including phenoxy) is 3. The third-order valence-corrected chi connectivity index (χ3v) is 2.32. The Kier molecular flexibility index (Phi) is 6.10. The smallest absolute Gasteiger partial charge is 0.308 e. The summed E-state index contributed by atoms with van der Waals surface area (Å²) in [5.74, 6) is 0.497. The van der Waals surface area contributed by atoms with Gasteiger partial charge in [0.05, 0.1) is 26.7 Å². The average Bonchev–Trinajstić information content (AvgIpc) is 2.37. The van der Waals surface area contributed by atoms with Crippen LogP contribution in [0.25, 0.3) is 0 Å². The van der Waals surface area contributed by atoms with Crippen molar-refractivity contribution in [2.24, 2.45) is 0 Å². The first kappa shape index (κ1) is 13.5. The van der Waals surface area contributed by atoms with Gasteiger partial charge in [-0.2, -0.15) is 0 Å². The van der Waals surface area contributed by atoms with Gasteiger partial charge in [0.25, 0.3) is 0 Å². The van der Waals surface area contributed by atoms with E-state index in [4.69, 9.17) is 9.47 Å². The van der Waals surface area contributed by atoms with Crippen molar-refractivity contribution in [3.63, 3.8) is 0 Å². The van der Waals surface area contributed by atoms with Gasteiger partial charge in [0.1, 0.15) is 5.75 Å². The Balaban J connectivity index is 2.32. The summed E-state index contributed by atoms with van der Waals surface area (Å²) in [6, 6.07) is 7.77. The number of methoxy groups -OCH3 is 2. The van der Waals surface area contributed by atoms with Crippen LogP contribution in [0.3, 0.4) is 0 Å². The molecule has 0 heterocycles. The Bertz CT molecular complexity index is 332. The molecule has 0 saturated heterocycles. The highest BCUT2D eigenvalue weighted by atomic mass is 16.5. The van der Waals surface area contributed by atoms with E-state index >= 15 is 0 Å². The predicted molar refractivity (Wildman–Crippen MR) is 64.2 cm³/mol. The van der Waals surface area contributed by atoms with Crippen molar-refractivity contribution in [3.8, 4) is 5.75 Å². The van der Waals surface area contributed by atoms with Crippen molar-refractivity contribution in [1.29, 1.82) is 0 Å². The molecular formula is C13H18O4. The molecule has 4 nitrogen and oxygen atoms in total. The molecule has 1 aromatic rings. The summed E-state index contributed by atoms with van der Waals surface area (Å²) in [5.41, 5.74) is 1.20. The fraction of sp³-hybridized carbons (Fsp3) is 0.462. The van der Waals surface area contributed by atoms with Crippen molar-refractivity contribution in [3.05, 3.63) is 29.8 Å². The highest BCUT2D eigenvalue weighted by Gasteiger charge is 2.01. The minimum absolute atomic E-state index is 0.262. The van der Waals surface area contributed by atoms with Crippen LogP contribution in [-0.4, -0.2) is 33.4 Å². The van der Waals surface area contributed by atoms with Gasteiger partial charge in [-0.1, -0.05) is 12.1 Å². The van der Waals surface area contributed by atoms with E-state index in [1.165, 1.54) is 12.7 Å². The van der Waals surface area contributed by atoms with Crippen molar-refractivity contribution < 1.29 is 19.0 Å². The lowest BCUT2D eigenvalue weighted by atomic mass is 10.1. The molecule has 0 radical (unpaired) electrons. The molecule has 0 atom stereocenters. The van der Waals surface area contributed by atoms with Crippen LogP contribution < -0.4 is 4.74 Å². The SMILES string of the molecule is COCCc1ccc(OCCC(=O)OC)cc1. The van der Waals surface area contributed by atoms with Gasteiger partial charge in [0.15, 0.2) is 0 Å². The molecule has 0 fully saturated rings. The molecule has 0 amide bonds. The van der Waals surface area contributed by atoms with E-state index in [1.807, 2.05) is 24.3 Å². The minimum Gasteiger partial charge on any atom is -0.493 e. The van der Waals surface area contributed by atoms with E-state index < -0.39 is 0 Å². The van der Waals surface area contributed by atoms with Crippen LogP contribution >= 0.6 is 0 Å². The molecule has 17 heavy (non-hydrogen) atoms. The van der Waals surface area contributed by atoms with E-state index in [-0.39, 0.29) is 12.4 Å². The van der Waals surface area contributed by atoms with Crippen LogP contribution in [0.4, 0.5) is 0 Å². The van der Waals surface area contributed by atoms with Gasteiger partial charge in [-0.15, -0.1) is 0 Å². The lowest BCUT2D eigenvalue weighted by molar-refractivity contribution is -0.141. The summed E-state index contributed by atoms with van der Waals surface area (Å²) < 4.78 is 14.9. The maximum Gasteiger partial charge on any atom is 0.308 e. The molecule has 0 spiro atoms. The molecular weight excluding hydrogens is 220 g/mol. The molecule has 0 aliphatic carbocycles. The second-order valence-corrected chi connectivity index (χ2v) is 3.56. The monoisotopic (exact) mass is 238 g/mol. The van der Waals surface area contributed by atoms with Crippen molar-refractivity contribution in [2.45, 2.75) is 12.8 Å². The number of hydrogen-bond donors (Lipinski definition) is 0. The van der Waals surface area contributed by atoms with Gasteiger partial charge in [-0.25, -0.2) is 0 Å². The first-order valence-electron chi connectivity index (χ1n) is 5.53. The zero-order valence-corrected chi connectivity index (χ0v) is 10.3. The Morgan fingerprint density at radius 1 is 1.12 bits per heavy atom. The van der Waals surface area contributed by atoms with Crippen LogP contribution in [0.5, 0.6) is 5.75 Å². The van der Waals surface area contributed by atoms with Gasteiger partial charge >= 0.3 is 5.97 Å². The molecule has 0 aliphatic rings. The van der Waals surface area contributed by atoms with E-state index in [9.17, 15) is 4.79 Å². The van der Waals surface area contributed by atoms with Crippen molar-refractivity contribution in [1.82, 2.24) is 0 Å². The molecule has 4 heteroatoms. The van der Waals surface area contributed by atoms with Crippen LogP contribution in [0.1, 0.15) is 12.0 Å². The largest absolute Gasteiger partial charge is 0.493 e. The fourth-order valence-electron chi connectivity index (χ4n) is 1.33. The lowest BCUT2D eigenvalue weighted by Crippen LogP contribution is -2.07. The molecule has 0 N–H and O–H groups in total. The molecule has 0 aromatic heterocycles. The summed E-state index contributed by atoms with van der Waals surface area (Å²) in [5, 5.41) is 0. The summed E-state index contributed by atoms with van der Waals surface area (Å²) >= 11 is 0.